The summed E-state index contributed by atoms with van der Waals surface area (Å²) in [5, 5.41) is 8.98. The van der Waals surface area contributed by atoms with E-state index in [4.69, 9.17) is 0 Å². The van der Waals surface area contributed by atoms with E-state index in [1.807, 2.05) is 0 Å². The number of likely N-dealkylation sites (N-methyl/N-ethyl adjacent to an activating group) is 1. The van der Waals surface area contributed by atoms with Gasteiger partial charge in [0.05, 0.1) is 11.9 Å². The van der Waals surface area contributed by atoms with Crippen LogP contribution in [0.25, 0.3) is 0 Å². The van der Waals surface area contributed by atoms with Gasteiger partial charge in [0.2, 0.25) is 11.5 Å². The largest absolute Gasteiger partial charge is 0.358 e. The quantitative estimate of drug-likeness (QED) is 0.703. The normalized spacial score (nSPS) is 10.1. The van der Waals surface area contributed by atoms with Crippen LogP contribution in [0.15, 0.2) is 35.4 Å². The van der Waals surface area contributed by atoms with Gasteiger partial charge in [-0.3, -0.25) is 19.1 Å². The Balaban J connectivity index is 2.05. The molecule has 2 aromatic rings. The number of carbonyl (C=O) groups is 2. The van der Waals surface area contributed by atoms with Gasteiger partial charge in [-0.25, -0.2) is 0 Å². The fourth-order valence-electron chi connectivity index (χ4n) is 1.52. The fraction of sp³-hybridized carbons (Fsp3) is 0.167. The zero-order chi connectivity index (χ0) is 14.5. The van der Waals surface area contributed by atoms with E-state index in [1.54, 1.807) is 0 Å². The molecule has 0 saturated carbocycles. The fourth-order valence-corrected chi connectivity index (χ4v) is 1.52. The molecule has 0 aromatic carbocycles. The zero-order valence-electron chi connectivity index (χ0n) is 10.7. The highest BCUT2D eigenvalue weighted by Crippen LogP contribution is 2.06. The summed E-state index contributed by atoms with van der Waals surface area (Å²) in [6.45, 7) is 0.0640. The van der Waals surface area contributed by atoms with Crippen LogP contribution in [0.3, 0.4) is 0 Å². The summed E-state index contributed by atoms with van der Waals surface area (Å²) in [4.78, 5) is 36.6. The van der Waals surface area contributed by atoms with Crippen molar-refractivity contribution in [1.82, 2.24) is 20.1 Å². The Kier molecular flexibility index (Phi) is 3.94. The third-order valence-corrected chi connectivity index (χ3v) is 2.49. The Morgan fingerprint density at radius 1 is 1.40 bits per heavy atom. The number of H-pyrrole nitrogens is 1. The van der Waals surface area contributed by atoms with E-state index in [-0.39, 0.29) is 23.7 Å². The molecule has 0 bridgehead atoms. The maximum Gasteiger partial charge on any atom is 0.272 e. The number of aromatic nitrogens is 3. The molecule has 0 spiro atoms. The van der Waals surface area contributed by atoms with Crippen LogP contribution in [0, 0.1) is 0 Å². The van der Waals surface area contributed by atoms with Crippen molar-refractivity contribution in [3.63, 3.8) is 0 Å². The predicted molar refractivity (Wildman–Crippen MR) is 71.3 cm³/mol. The molecule has 8 nitrogen and oxygen atoms in total. The van der Waals surface area contributed by atoms with Crippen LogP contribution in [0.1, 0.15) is 10.5 Å². The van der Waals surface area contributed by atoms with Crippen molar-refractivity contribution in [2.45, 2.75) is 6.54 Å². The molecule has 2 heterocycles. The minimum Gasteiger partial charge on any atom is -0.358 e. The maximum absolute atomic E-state index is 11.9. The third-order valence-electron chi connectivity index (χ3n) is 2.49. The smallest absolute Gasteiger partial charge is 0.272 e. The molecular formula is C12H13N5O3. The number of anilines is 1. The van der Waals surface area contributed by atoms with Gasteiger partial charge < -0.3 is 15.6 Å². The number of nitrogens with zero attached hydrogens (tertiary/aromatic N) is 2. The molecule has 0 atom stereocenters. The lowest BCUT2D eigenvalue weighted by molar-refractivity contribution is -0.121. The van der Waals surface area contributed by atoms with Gasteiger partial charge in [-0.1, -0.05) is 6.07 Å². The molecule has 0 fully saturated rings. The SMILES string of the molecule is CNC(=O)Cn1cc(NC(=O)c2cccc(=O)[nH]2)cn1. The van der Waals surface area contributed by atoms with Crippen molar-refractivity contribution in [3.8, 4) is 0 Å². The second-order valence-electron chi connectivity index (χ2n) is 3.98. The first kappa shape index (κ1) is 13.5. The Morgan fingerprint density at radius 2 is 2.20 bits per heavy atom. The molecule has 0 radical (unpaired) electrons. The van der Waals surface area contributed by atoms with Crippen molar-refractivity contribution in [1.29, 1.82) is 0 Å². The summed E-state index contributed by atoms with van der Waals surface area (Å²) >= 11 is 0. The molecule has 0 aliphatic heterocycles. The molecule has 0 aliphatic carbocycles. The second kappa shape index (κ2) is 5.83. The van der Waals surface area contributed by atoms with Crippen molar-refractivity contribution in [2.24, 2.45) is 0 Å². The Morgan fingerprint density at radius 3 is 2.90 bits per heavy atom. The third kappa shape index (κ3) is 3.31. The molecular weight excluding hydrogens is 262 g/mol. The summed E-state index contributed by atoms with van der Waals surface area (Å²) in [6, 6.07) is 4.30. The highest BCUT2D eigenvalue weighted by Gasteiger charge is 2.09. The summed E-state index contributed by atoms with van der Waals surface area (Å²) < 4.78 is 1.39. The van der Waals surface area contributed by atoms with Crippen LogP contribution in [-0.4, -0.2) is 33.6 Å². The van der Waals surface area contributed by atoms with Crippen LogP contribution in [0.5, 0.6) is 0 Å². The van der Waals surface area contributed by atoms with Crippen LogP contribution in [-0.2, 0) is 11.3 Å². The molecule has 104 valence electrons. The van der Waals surface area contributed by atoms with Crippen molar-refractivity contribution >= 4 is 17.5 Å². The van der Waals surface area contributed by atoms with Gasteiger partial charge >= 0.3 is 0 Å². The van der Waals surface area contributed by atoms with Crippen molar-refractivity contribution in [3.05, 3.63) is 46.6 Å². The number of hydrogen-bond acceptors (Lipinski definition) is 4. The highest BCUT2D eigenvalue weighted by molar-refractivity contribution is 6.02. The van der Waals surface area contributed by atoms with E-state index >= 15 is 0 Å². The monoisotopic (exact) mass is 275 g/mol. The van der Waals surface area contributed by atoms with Crippen LogP contribution in [0.2, 0.25) is 0 Å². The highest BCUT2D eigenvalue weighted by atomic mass is 16.2. The number of hydrogen-bond donors (Lipinski definition) is 3. The summed E-state index contributed by atoms with van der Waals surface area (Å²) in [5.74, 6) is -0.652. The Labute approximate surface area is 113 Å². The predicted octanol–water partition coefficient (Wildman–Crippen LogP) is -0.430. The second-order valence-corrected chi connectivity index (χ2v) is 3.98. The average Bonchev–Trinajstić information content (AvgIpc) is 2.85. The molecule has 0 unspecified atom stereocenters. The summed E-state index contributed by atoms with van der Waals surface area (Å²) in [7, 11) is 1.53. The van der Waals surface area contributed by atoms with Gasteiger partial charge in [0.15, 0.2) is 0 Å². The van der Waals surface area contributed by atoms with E-state index in [2.05, 4.69) is 20.7 Å². The van der Waals surface area contributed by atoms with E-state index in [9.17, 15) is 14.4 Å². The molecule has 20 heavy (non-hydrogen) atoms. The zero-order valence-corrected chi connectivity index (χ0v) is 10.7. The number of nitrogens with one attached hydrogen (secondary N) is 3. The lowest BCUT2D eigenvalue weighted by Gasteiger charge is -2.02. The number of amides is 2. The number of aromatic amines is 1. The molecule has 0 saturated heterocycles. The molecule has 2 amide bonds. The van der Waals surface area contributed by atoms with Gasteiger partial charge in [-0.05, 0) is 6.07 Å². The minimum atomic E-state index is -0.456. The van der Waals surface area contributed by atoms with Crippen molar-refractivity contribution in [2.75, 3.05) is 12.4 Å². The van der Waals surface area contributed by atoms with Gasteiger partial charge in [-0.15, -0.1) is 0 Å². The summed E-state index contributed by atoms with van der Waals surface area (Å²) in [5.41, 5.74) is 0.230. The summed E-state index contributed by atoms with van der Waals surface area (Å²) in [6.07, 6.45) is 2.94. The molecule has 0 aliphatic rings. The number of carbonyl (C=O) groups excluding carboxylic acids is 2. The van der Waals surface area contributed by atoms with Crippen LogP contribution in [0.4, 0.5) is 5.69 Å². The maximum atomic E-state index is 11.9. The Bertz CT molecular complexity index is 688. The first-order chi connectivity index (χ1) is 9.58. The molecule has 3 N–H and O–H groups in total. The van der Waals surface area contributed by atoms with Crippen LogP contribution < -0.4 is 16.2 Å². The van der Waals surface area contributed by atoms with E-state index in [0.29, 0.717) is 5.69 Å². The topological polar surface area (TPSA) is 109 Å². The van der Waals surface area contributed by atoms with E-state index in [0.717, 1.165) is 0 Å². The van der Waals surface area contributed by atoms with E-state index < -0.39 is 5.91 Å². The van der Waals surface area contributed by atoms with Gasteiger partial charge in [0.25, 0.3) is 5.91 Å². The lowest BCUT2D eigenvalue weighted by Crippen LogP contribution is -2.23. The van der Waals surface area contributed by atoms with Gasteiger partial charge in [-0.2, -0.15) is 5.10 Å². The Hall–Kier alpha value is -2.90. The number of pyridine rings is 1. The van der Waals surface area contributed by atoms with Gasteiger partial charge in [0, 0.05) is 19.3 Å². The van der Waals surface area contributed by atoms with Crippen molar-refractivity contribution < 1.29 is 9.59 Å². The standard InChI is InChI=1S/C12H13N5O3/c1-13-11(19)7-17-6-8(5-14-17)15-12(20)9-3-2-4-10(18)16-9/h2-6H,7H2,1H3,(H,13,19)(H,15,20)(H,16,18). The first-order valence-corrected chi connectivity index (χ1v) is 5.82. The minimum absolute atomic E-state index is 0.0640. The van der Waals surface area contributed by atoms with E-state index in [1.165, 1.54) is 42.3 Å². The first-order valence-electron chi connectivity index (χ1n) is 5.82. The van der Waals surface area contributed by atoms with Gasteiger partial charge in [0.1, 0.15) is 12.2 Å². The molecule has 2 aromatic heterocycles. The average molecular weight is 275 g/mol. The number of rotatable bonds is 4. The molecule has 2 rings (SSSR count). The lowest BCUT2D eigenvalue weighted by atomic mass is 10.3. The molecule has 8 heteroatoms. The van der Waals surface area contributed by atoms with Crippen LogP contribution >= 0.6 is 0 Å².